The molecule has 3 atom stereocenters. The Morgan fingerprint density at radius 1 is 1.14 bits per heavy atom. The molecule has 0 bridgehead atoms. The van der Waals surface area contributed by atoms with Gasteiger partial charge < -0.3 is 15.5 Å². The number of likely N-dealkylation sites (N-methyl/N-ethyl adjacent to an activating group) is 1. The van der Waals surface area contributed by atoms with Gasteiger partial charge in [-0.15, -0.1) is 11.3 Å². The minimum atomic E-state index is -0.540. The number of ketones is 1. The molecule has 1 aliphatic heterocycles. The van der Waals surface area contributed by atoms with Crippen LogP contribution in [0.2, 0.25) is 0 Å². The second-order valence-electron chi connectivity index (χ2n) is 9.44. The molecule has 0 radical (unpaired) electrons. The predicted octanol–water partition coefficient (Wildman–Crippen LogP) is 4.52. The minimum absolute atomic E-state index is 0.0368. The van der Waals surface area contributed by atoms with E-state index in [0.29, 0.717) is 17.8 Å². The third kappa shape index (κ3) is 6.68. The molecule has 2 amide bonds. The topological polar surface area (TPSA) is 91.4 Å². The molecule has 1 aromatic heterocycles. The highest BCUT2D eigenvalue weighted by atomic mass is 32.1. The SMILES string of the molecule is C=C/C=C\C(=C/C=C)C(=O)c1csc([C@@H]2CCCN2C(=O)[C@@H](NC(=O)[C@H](C)NC)C2CCCCC2)n1. The van der Waals surface area contributed by atoms with Crippen molar-refractivity contribution in [3.05, 3.63) is 65.2 Å². The molecule has 2 N–H and O–H groups in total. The van der Waals surface area contributed by atoms with Crippen molar-refractivity contribution in [2.24, 2.45) is 5.92 Å². The second kappa shape index (κ2) is 13.5. The van der Waals surface area contributed by atoms with E-state index in [0.717, 1.165) is 43.5 Å². The maximum atomic E-state index is 13.9. The monoisotopic (exact) mass is 510 g/mol. The largest absolute Gasteiger partial charge is 0.343 e. The predicted molar refractivity (Wildman–Crippen MR) is 145 cm³/mol. The number of carbonyl (C=O) groups excluding carboxylic acids is 3. The Morgan fingerprint density at radius 3 is 2.56 bits per heavy atom. The quantitative estimate of drug-likeness (QED) is 0.260. The van der Waals surface area contributed by atoms with Gasteiger partial charge in [0.1, 0.15) is 16.7 Å². The van der Waals surface area contributed by atoms with Crippen LogP contribution in [0.15, 0.2) is 54.5 Å². The van der Waals surface area contributed by atoms with Gasteiger partial charge in [0, 0.05) is 17.5 Å². The van der Waals surface area contributed by atoms with Crippen molar-refractivity contribution < 1.29 is 14.4 Å². The molecule has 1 aliphatic carbocycles. The maximum absolute atomic E-state index is 13.9. The molecule has 3 rings (SSSR count). The number of Topliss-reactive ketones (excluding diaryl/α,β-unsaturated/α-hetero) is 1. The van der Waals surface area contributed by atoms with Gasteiger partial charge in [-0.2, -0.15) is 0 Å². The summed E-state index contributed by atoms with van der Waals surface area (Å²) in [6, 6.07) is -1.11. The summed E-state index contributed by atoms with van der Waals surface area (Å²) >= 11 is 1.40. The molecule has 1 saturated heterocycles. The van der Waals surface area contributed by atoms with Crippen molar-refractivity contribution in [3.8, 4) is 0 Å². The third-order valence-corrected chi connectivity index (χ3v) is 8.00. The van der Waals surface area contributed by atoms with E-state index < -0.39 is 6.04 Å². The minimum Gasteiger partial charge on any atom is -0.343 e. The molecule has 36 heavy (non-hydrogen) atoms. The van der Waals surface area contributed by atoms with Gasteiger partial charge in [-0.25, -0.2) is 4.98 Å². The fourth-order valence-electron chi connectivity index (χ4n) is 4.92. The Labute approximate surface area is 218 Å². The highest BCUT2D eigenvalue weighted by Crippen LogP contribution is 2.36. The number of nitrogens with one attached hydrogen (secondary N) is 2. The van der Waals surface area contributed by atoms with Crippen LogP contribution >= 0.6 is 11.3 Å². The summed E-state index contributed by atoms with van der Waals surface area (Å²) < 4.78 is 0. The lowest BCUT2D eigenvalue weighted by atomic mass is 9.83. The first-order valence-electron chi connectivity index (χ1n) is 12.8. The van der Waals surface area contributed by atoms with Crippen molar-refractivity contribution >= 4 is 28.9 Å². The van der Waals surface area contributed by atoms with Gasteiger partial charge in [-0.05, 0) is 45.6 Å². The highest BCUT2D eigenvalue weighted by molar-refractivity contribution is 7.10. The van der Waals surface area contributed by atoms with E-state index in [-0.39, 0.29) is 35.6 Å². The van der Waals surface area contributed by atoms with Gasteiger partial charge in [-0.3, -0.25) is 14.4 Å². The van der Waals surface area contributed by atoms with Gasteiger partial charge in [0.2, 0.25) is 17.6 Å². The van der Waals surface area contributed by atoms with Crippen LogP contribution in [0.5, 0.6) is 0 Å². The van der Waals surface area contributed by atoms with Crippen molar-refractivity contribution in [1.29, 1.82) is 0 Å². The molecule has 194 valence electrons. The van der Waals surface area contributed by atoms with Crippen molar-refractivity contribution in [1.82, 2.24) is 20.5 Å². The lowest BCUT2D eigenvalue weighted by Crippen LogP contribution is -2.55. The van der Waals surface area contributed by atoms with Crippen LogP contribution in [0.25, 0.3) is 0 Å². The number of nitrogens with zero attached hydrogens (tertiary/aromatic N) is 2. The first-order valence-corrected chi connectivity index (χ1v) is 13.7. The van der Waals surface area contributed by atoms with Crippen LogP contribution in [-0.2, 0) is 9.59 Å². The number of hydrogen-bond donors (Lipinski definition) is 2. The Bertz CT molecular complexity index is 1020. The van der Waals surface area contributed by atoms with Crippen LogP contribution in [0.1, 0.15) is 73.4 Å². The summed E-state index contributed by atoms with van der Waals surface area (Å²) in [5, 5.41) is 8.54. The number of carbonyl (C=O) groups is 3. The zero-order chi connectivity index (χ0) is 26.1. The Hall–Kier alpha value is -2.84. The lowest BCUT2D eigenvalue weighted by Gasteiger charge is -2.35. The van der Waals surface area contributed by atoms with Gasteiger partial charge in [0.05, 0.1) is 12.1 Å². The molecule has 1 saturated carbocycles. The molecule has 1 aromatic rings. The number of hydrogen-bond acceptors (Lipinski definition) is 6. The Morgan fingerprint density at radius 2 is 1.89 bits per heavy atom. The molecule has 0 unspecified atom stereocenters. The van der Waals surface area contributed by atoms with E-state index in [9.17, 15) is 14.4 Å². The average molecular weight is 511 g/mol. The van der Waals surface area contributed by atoms with Crippen molar-refractivity contribution in [2.75, 3.05) is 13.6 Å². The number of aromatic nitrogens is 1. The van der Waals surface area contributed by atoms with Gasteiger partial charge in [0.25, 0.3) is 0 Å². The number of rotatable bonds is 11. The molecule has 2 heterocycles. The molecular weight excluding hydrogens is 472 g/mol. The first-order chi connectivity index (χ1) is 17.4. The van der Waals surface area contributed by atoms with E-state index in [2.05, 4.69) is 28.8 Å². The van der Waals surface area contributed by atoms with Crippen LogP contribution in [0, 0.1) is 5.92 Å². The number of thiazole rings is 1. The van der Waals surface area contributed by atoms with E-state index in [1.807, 2.05) is 4.90 Å². The fraction of sp³-hybridized carbons (Fsp3) is 0.500. The van der Waals surface area contributed by atoms with Crippen molar-refractivity contribution in [2.45, 2.75) is 70.0 Å². The summed E-state index contributed by atoms with van der Waals surface area (Å²) in [6.45, 7) is 9.76. The summed E-state index contributed by atoms with van der Waals surface area (Å²) in [5.41, 5.74) is 0.830. The molecule has 7 nitrogen and oxygen atoms in total. The molecule has 8 heteroatoms. The molecule has 2 aliphatic rings. The second-order valence-corrected chi connectivity index (χ2v) is 10.3. The molecular formula is C28H38N4O3S. The smallest absolute Gasteiger partial charge is 0.246 e. The van der Waals surface area contributed by atoms with Crippen LogP contribution < -0.4 is 10.6 Å². The summed E-state index contributed by atoms with van der Waals surface area (Å²) in [7, 11) is 1.74. The normalized spacial score (nSPS) is 20.8. The fourth-order valence-corrected chi connectivity index (χ4v) is 5.87. The first kappa shape index (κ1) is 27.7. The summed E-state index contributed by atoms with van der Waals surface area (Å²) in [5.74, 6) is -0.254. The zero-order valence-corrected chi connectivity index (χ0v) is 22.2. The van der Waals surface area contributed by atoms with E-state index in [1.54, 1.807) is 49.7 Å². The van der Waals surface area contributed by atoms with Crippen molar-refractivity contribution in [3.63, 3.8) is 0 Å². The average Bonchev–Trinajstić information content (AvgIpc) is 3.58. The Balaban J connectivity index is 1.82. The van der Waals surface area contributed by atoms with Crippen LogP contribution in [-0.4, -0.2) is 53.2 Å². The summed E-state index contributed by atoms with van der Waals surface area (Å²) in [4.78, 5) is 46.2. The standard InChI is InChI=1S/C28H38N4O3S/c1-5-7-13-21(12-6-2)25(33)22-18-36-27(30-22)23-16-11-17-32(23)28(35)24(20-14-9-8-10-15-20)31-26(34)19(3)29-4/h5-7,12-13,18-20,23-24,29H,1-2,8-11,14-17H2,3-4H3,(H,31,34)/b13-7-,21-12+/t19-,23-,24-/m0/s1. The van der Waals surface area contributed by atoms with Crippen LogP contribution in [0.3, 0.4) is 0 Å². The van der Waals surface area contributed by atoms with Gasteiger partial charge >= 0.3 is 0 Å². The molecule has 0 spiro atoms. The van der Waals surface area contributed by atoms with E-state index in [4.69, 9.17) is 0 Å². The van der Waals surface area contributed by atoms with E-state index >= 15 is 0 Å². The number of amides is 2. The van der Waals surface area contributed by atoms with Gasteiger partial charge in [-0.1, -0.05) is 62.8 Å². The third-order valence-electron chi connectivity index (χ3n) is 7.06. The lowest BCUT2D eigenvalue weighted by molar-refractivity contribution is -0.139. The van der Waals surface area contributed by atoms with E-state index in [1.165, 1.54) is 17.8 Å². The number of allylic oxidation sites excluding steroid dienone is 6. The molecule has 0 aromatic carbocycles. The zero-order valence-electron chi connectivity index (χ0n) is 21.4. The van der Waals surface area contributed by atoms with Crippen LogP contribution in [0.4, 0.5) is 0 Å². The van der Waals surface area contributed by atoms with Gasteiger partial charge in [0.15, 0.2) is 0 Å². The number of likely N-dealkylation sites (tertiary alicyclic amines) is 1. The summed E-state index contributed by atoms with van der Waals surface area (Å²) in [6.07, 6.45) is 15.1. The maximum Gasteiger partial charge on any atom is 0.246 e. The molecule has 2 fully saturated rings. The Kier molecular flexibility index (Phi) is 10.4. The highest BCUT2D eigenvalue weighted by Gasteiger charge is 2.40.